The summed E-state index contributed by atoms with van der Waals surface area (Å²) in [6.45, 7) is 4.58. The first kappa shape index (κ1) is 26.0. The lowest BCUT2D eigenvalue weighted by Crippen LogP contribution is -2.50. The van der Waals surface area contributed by atoms with E-state index in [0.29, 0.717) is 23.7 Å². The number of ether oxygens (including phenoxy) is 1. The van der Waals surface area contributed by atoms with Gasteiger partial charge in [0, 0.05) is 18.1 Å². The topological polar surface area (TPSA) is 58.6 Å². The van der Waals surface area contributed by atoms with Crippen molar-refractivity contribution in [2.75, 3.05) is 13.2 Å². The molecule has 0 bridgehead atoms. The number of carbonyl (C=O) groups excluding carboxylic acids is 2. The van der Waals surface area contributed by atoms with E-state index >= 15 is 0 Å². The molecule has 0 aliphatic heterocycles. The van der Waals surface area contributed by atoms with E-state index < -0.39 is 6.04 Å². The SMILES string of the molecule is CCCCNC(=O)C(CC)N(Cc1ccccc1Cl)C(=O)COc1ccc2ccccc2c1Br. The first-order chi connectivity index (χ1) is 16.5. The second-order valence-corrected chi connectivity index (χ2v) is 9.27. The molecule has 1 N–H and O–H groups in total. The maximum absolute atomic E-state index is 13.4. The van der Waals surface area contributed by atoms with Crippen LogP contribution in [0.25, 0.3) is 10.8 Å². The second kappa shape index (κ2) is 12.8. The van der Waals surface area contributed by atoms with Crippen molar-refractivity contribution in [1.29, 1.82) is 0 Å². The molecule has 0 fully saturated rings. The minimum Gasteiger partial charge on any atom is -0.483 e. The monoisotopic (exact) mass is 544 g/mol. The fourth-order valence-electron chi connectivity index (χ4n) is 3.78. The summed E-state index contributed by atoms with van der Waals surface area (Å²) < 4.78 is 6.72. The van der Waals surface area contributed by atoms with E-state index in [0.717, 1.165) is 33.7 Å². The Hall–Kier alpha value is -2.57. The molecular formula is C27H30BrClN2O3. The lowest BCUT2D eigenvalue weighted by molar-refractivity contribution is -0.143. The molecule has 0 radical (unpaired) electrons. The van der Waals surface area contributed by atoms with Crippen LogP contribution in [0.15, 0.2) is 65.1 Å². The summed E-state index contributed by atoms with van der Waals surface area (Å²) in [5, 5.41) is 5.59. The number of carbonyl (C=O) groups is 2. The highest BCUT2D eigenvalue weighted by Gasteiger charge is 2.29. The van der Waals surface area contributed by atoms with Crippen LogP contribution in [0.3, 0.4) is 0 Å². The molecule has 0 saturated heterocycles. The Kier molecular flexibility index (Phi) is 9.78. The third-order valence-corrected chi connectivity index (χ3v) is 6.88. The van der Waals surface area contributed by atoms with Gasteiger partial charge >= 0.3 is 0 Å². The van der Waals surface area contributed by atoms with Crippen molar-refractivity contribution in [3.8, 4) is 5.75 Å². The molecule has 0 saturated carbocycles. The summed E-state index contributed by atoms with van der Waals surface area (Å²) in [5.74, 6) is 0.130. The fraction of sp³-hybridized carbons (Fsp3) is 0.333. The molecule has 7 heteroatoms. The highest BCUT2D eigenvalue weighted by atomic mass is 79.9. The van der Waals surface area contributed by atoms with E-state index in [9.17, 15) is 9.59 Å². The predicted octanol–water partition coefficient (Wildman–Crippen LogP) is 6.36. The summed E-state index contributed by atoms with van der Waals surface area (Å²) in [6, 6.07) is 18.5. The van der Waals surface area contributed by atoms with Crippen LogP contribution in [-0.2, 0) is 16.1 Å². The molecular weight excluding hydrogens is 516 g/mol. The Morgan fingerprint density at radius 1 is 1.06 bits per heavy atom. The lowest BCUT2D eigenvalue weighted by Gasteiger charge is -2.31. The molecule has 0 aliphatic rings. The molecule has 3 aromatic carbocycles. The van der Waals surface area contributed by atoms with E-state index in [-0.39, 0.29) is 25.0 Å². The number of nitrogens with zero attached hydrogens (tertiary/aromatic N) is 1. The third kappa shape index (κ3) is 6.51. The Labute approximate surface area is 214 Å². The maximum Gasteiger partial charge on any atom is 0.261 e. The van der Waals surface area contributed by atoms with Crippen molar-refractivity contribution in [3.63, 3.8) is 0 Å². The second-order valence-electron chi connectivity index (χ2n) is 8.07. The molecule has 1 atom stereocenters. The Balaban J connectivity index is 1.81. The Morgan fingerprint density at radius 2 is 1.79 bits per heavy atom. The van der Waals surface area contributed by atoms with E-state index in [2.05, 4.69) is 28.2 Å². The average molecular weight is 546 g/mol. The van der Waals surface area contributed by atoms with Gasteiger partial charge < -0.3 is 15.0 Å². The van der Waals surface area contributed by atoms with E-state index in [1.54, 1.807) is 11.0 Å². The van der Waals surface area contributed by atoms with Gasteiger partial charge in [-0.2, -0.15) is 0 Å². The van der Waals surface area contributed by atoms with Gasteiger partial charge in [-0.05, 0) is 57.2 Å². The van der Waals surface area contributed by atoms with Crippen LogP contribution < -0.4 is 10.1 Å². The normalized spacial score (nSPS) is 11.8. The summed E-state index contributed by atoms with van der Waals surface area (Å²) in [4.78, 5) is 27.9. The van der Waals surface area contributed by atoms with Gasteiger partial charge in [-0.1, -0.05) is 80.4 Å². The van der Waals surface area contributed by atoms with Crippen molar-refractivity contribution in [2.24, 2.45) is 0 Å². The van der Waals surface area contributed by atoms with Crippen molar-refractivity contribution < 1.29 is 14.3 Å². The van der Waals surface area contributed by atoms with Gasteiger partial charge in [-0.25, -0.2) is 0 Å². The quantitative estimate of drug-likeness (QED) is 0.285. The molecule has 5 nitrogen and oxygen atoms in total. The third-order valence-electron chi connectivity index (χ3n) is 5.69. The van der Waals surface area contributed by atoms with Gasteiger partial charge in [0.2, 0.25) is 5.91 Å². The van der Waals surface area contributed by atoms with Crippen molar-refractivity contribution in [1.82, 2.24) is 10.2 Å². The molecule has 3 rings (SSSR count). The van der Waals surface area contributed by atoms with E-state index in [4.69, 9.17) is 16.3 Å². The molecule has 0 spiro atoms. The predicted molar refractivity (Wildman–Crippen MR) is 141 cm³/mol. The number of fused-ring (bicyclic) bond motifs is 1. The molecule has 180 valence electrons. The molecule has 3 aromatic rings. The largest absolute Gasteiger partial charge is 0.483 e. The van der Waals surface area contributed by atoms with E-state index in [1.165, 1.54) is 0 Å². The zero-order valence-electron chi connectivity index (χ0n) is 19.5. The Morgan fingerprint density at radius 3 is 2.53 bits per heavy atom. The fourth-order valence-corrected chi connectivity index (χ4v) is 4.59. The minimum atomic E-state index is -0.621. The smallest absolute Gasteiger partial charge is 0.261 e. The van der Waals surface area contributed by atoms with Gasteiger partial charge in [-0.15, -0.1) is 0 Å². The standard InChI is InChI=1S/C27H30BrClN2O3/c1-3-5-16-30-27(33)23(4-2)31(17-20-11-7-9-13-22(20)29)25(32)18-34-24-15-14-19-10-6-8-12-21(19)26(24)28/h6-15,23H,3-5,16-18H2,1-2H3,(H,30,33). The van der Waals surface area contributed by atoms with Gasteiger partial charge in [0.1, 0.15) is 11.8 Å². The van der Waals surface area contributed by atoms with Gasteiger partial charge in [0.25, 0.3) is 5.91 Å². The average Bonchev–Trinajstić information content (AvgIpc) is 2.85. The van der Waals surface area contributed by atoms with Crippen LogP contribution in [0.2, 0.25) is 5.02 Å². The number of amides is 2. The number of benzene rings is 3. The van der Waals surface area contributed by atoms with Crippen LogP contribution in [0.1, 0.15) is 38.7 Å². The minimum absolute atomic E-state index is 0.164. The van der Waals surface area contributed by atoms with Crippen LogP contribution in [0.5, 0.6) is 5.75 Å². The highest BCUT2D eigenvalue weighted by molar-refractivity contribution is 9.10. The summed E-state index contributed by atoms with van der Waals surface area (Å²) in [5.41, 5.74) is 0.782. The molecule has 0 aliphatic carbocycles. The van der Waals surface area contributed by atoms with Crippen molar-refractivity contribution >= 4 is 50.1 Å². The zero-order chi connectivity index (χ0) is 24.5. The molecule has 34 heavy (non-hydrogen) atoms. The number of hydrogen-bond acceptors (Lipinski definition) is 3. The molecule has 2 amide bonds. The highest BCUT2D eigenvalue weighted by Crippen LogP contribution is 2.33. The summed E-state index contributed by atoms with van der Waals surface area (Å²) >= 11 is 9.98. The van der Waals surface area contributed by atoms with Crippen molar-refractivity contribution in [3.05, 3.63) is 75.7 Å². The van der Waals surface area contributed by atoms with Crippen LogP contribution >= 0.6 is 27.5 Å². The molecule has 0 aromatic heterocycles. The van der Waals surface area contributed by atoms with Gasteiger partial charge in [0.05, 0.1) is 4.47 Å². The number of hydrogen-bond donors (Lipinski definition) is 1. The van der Waals surface area contributed by atoms with Crippen LogP contribution in [-0.4, -0.2) is 35.9 Å². The van der Waals surface area contributed by atoms with Crippen LogP contribution in [0.4, 0.5) is 0 Å². The summed E-state index contributed by atoms with van der Waals surface area (Å²) in [6.07, 6.45) is 2.35. The molecule has 0 heterocycles. The maximum atomic E-state index is 13.4. The molecule has 1 unspecified atom stereocenters. The number of rotatable bonds is 11. The Bertz CT molecular complexity index is 1140. The van der Waals surface area contributed by atoms with Gasteiger partial charge in [0.15, 0.2) is 6.61 Å². The van der Waals surface area contributed by atoms with Crippen molar-refractivity contribution in [2.45, 2.75) is 45.7 Å². The van der Waals surface area contributed by atoms with Crippen LogP contribution in [0, 0.1) is 0 Å². The van der Waals surface area contributed by atoms with Gasteiger partial charge in [-0.3, -0.25) is 9.59 Å². The first-order valence-electron chi connectivity index (χ1n) is 11.6. The first-order valence-corrected chi connectivity index (χ1v) is 12.7. The van der Waals surface area contributed by atoms with E-state index in [1.807, 2.05) is 61.5 Å². The lowest BCUT2D eigenvalue weighted by atomic mass is 10.1. The zero-order valence-corrected chi connectivity index (χ0v) is 21.9. The summed E-state index contributed by atoms with van der Waals surface area (Å²) in [7, 11) is 0. The number of halogens is 2. The number of nitrogens with one attached hydrogen (secondary N) is 1. The number of unbranched alkanes of at least 4 members (excludes halogenated alkanes) is 1.